The summed E-state index contributed by atoms with van der Waals surface area (Å²) in [6, 6.07) is 6.22. The summed E-state index contributed by atoms with van der Waals surface area (Å²) >= 11 is 0. The summed E-state index contributed by atoms with van der Waals surface area (Å²) in [5, 5.41) is 4.32. The van der Waals surface area contributed by atoms with Gasteiger partial charge in [-0.3, -0.25) is 4.79 Å². The summed E-state index contributed by atoms with van der Waals surface area (Å²) in [6.07, 6.45) is 8.93. The van der Waals surface area contributed by atoms with E-state index in [0.29, 0.717) is 0 Å². The van der Waals surface area contributed by atoms with Gasteiger partial charge in [-0.05, 0) is 48.9 Å². The molecule has 0 bridgehead atoms. The third kappa shape index (κ3) is 2.72. The molecule has 0 atom stereocenters. The standard InChI is InChI=1S/C17H22N2O/c1-12-10-14-8-9-18-16(14)11-15(12)19-17(20)13-6-4-2-3-5-7-13/h8-11,13,18H,2-7H2,1H3,(H,19,20). The molecule has 3 heteroatoms. The van der Waals surface area contributed by atoms with E-state index in [0.717, 1.165) is 29.6 Å². The van der Waals surface area contributed by atoms with E-state index in [1.54, 1.807) is 0 Å². The van der Waals surface area contributed by atoms with Crippen LogP contribution in [-0.2, 0) is 4.79 Å². The number of aromatic amines is 1. The molecule has 106 valence electrons. The average molecular weight is 270 g/mol. The topological polar surface area (TPSA) is 44.9 Å². The minimum absolute atomic E-state index is 0.191. The number of fused-ring (bicyclic) bond motifs is 1. The van der Waals surface area contributed by atoms with Crippen molar-refractivity contribution in [2.45, 2.75) is 45.4 Å². The Labute approximate surface area is 119 Å². The van der Waals surface area contributed by atoms with Crippen LogP contribution in [0.5, 0.6) is 0 Å². The fourth-order valence-corrected chi connectivity index (χ4v) is 3.13. The zero-order valence-electron chi connectivity index (χ0n) is 12.0. The van der Waals surface area contributed by atoms with Gasteiger partial charge in [0, 0.05) is 23.3 Å². The van der Waals surface area contributed by atoms with Crippen molar-refractivity contribution >= 4 is 22.5 Å². The molecule has 1 aliphatic carbocycles. The van der Waals surface area contributed by atoms with E-state index in [1.165, 1.54) is 31.1 Å². The van der Waals surface area contributed by atoms with Gasteiger partial charge >= 0.3 is 0 Å². The van der Waals surface area contributed by atoms with Crippen LogP contribution in [0.4, 0.5) is 5.69 Å². The lowest BCUT2D eigenvalue weighted by molar-refractivity contribution is -0.120. The Morgan fingerprint density at radius 3 is 2.70 bits per heavy atom. The van der Waals surface area contributed by atoms with Crippen LogP contribution in [0.2, 0.25) is 0 Å². The minimum atomic E-state index is 0.191. The predicted octanol–water partition coefficient (Wildman–Crippen LogP) is 4.39. The first-order valence-electron chi connectivity index (χ1n) is 7.62. The van der Waals surface area contributed by atoms with Gasteiger partial charge in [0.25, 0.3) is 0 Å². The fourth-order valence-electron chi connectivity index (χ4n) is 3.13. The number of H-pyrrole nitrogens is 1. The Bertz CT molecular complexity index is 606. The van der Waals surface area contributed by atoms with E-state index in [-0.39, 0.29) is 11.8 Å². The number of carbonyl (C=O) groups excluding carboxylic acids is 1. The maximum Gasteiger partial charge on any atom is 0.227 e. The predicted molar refractivity (Wildman–Crippen MR) is 82.9 cm³/mol. The molecule has 1 aliphatic rings. The summed E-state index contributed by atoms with van der Waals surface area (Å²) in [6.45, 7) is 2.05. The number of nitrogens with one attached hydrogen (secondary N) is 2. The van der Waals surface area contributed by atoms with Crippen molar-refractivity contribution in [3.8, 4) is 0 Å². The molecule has 1 heterocycles. The molecule has 0 aliphatic heterocycles. The smallest absolute Gasteiger partial charge is 0.227 e. The molecule has 0 spiro atoms. The number of carbonyl (C=O) groups is 1. The van der Waals surface area contributed by atoms with Crippen LogP contribution < -0.4 is 5.32 Å². The molecular weight excluding hydrogens is 248 g/mol. The third-order valence-electron chi connectivity index (χ3n) is 4.38. The van der Waals surface area contributed by atoms with E-state index >= 15 is 0 Å². The molecule has 1 amide bonds. The first-order valence-corrected chi connectivity index (χ1v) is 7.62. The van der Waals surface area contributed by atoms with Gasteiger partial charge in [-0.25, -0.2) is 0 Å². The second kappa shape index (κ2) is 5.70. The highest BCUT2D eigenvalue weighted by molar-refractivity contribution is 5.96. The Balaban J connectivity index is 1.77. The molecule has 2 N–H and O–H groups in total. The highest BCUT2D eigenvalue weighted by atomic mass is 16.1. The Morgan fingerprint density at radius 1 is 1.20 bits per heavy atom. The maximum atomic E-state index is 12.4. The lowest BCUT2D eigenvalue weighted by Gasteiger charge is -2.15. The van der Waals surface area contributed by atoms with Gasteiger partial charge in [-0.1, -0.05) is 25.7 Å². The van der Waals surface area contributed by atoms with Gasteiger partial charge in [0.2, 0.25) is 5.91 Å². The van der Waals surface area contributed by atoms with Crippen molar-refractivity contribution in [1.29, 1.82) is 0 Å². The van der Waals surface area contributed by atoms with E-state index in [1.807, 2.05) is 12.3 Å². The lowest BCUT2D eigenvalue weighted by atomic mass is 9.99. The molecule has 1 aromatic carbocycles. The van der Waals surface area contributed by atoms with Crippen LogP contribution in [-0.4, -0.2) is 10.9 Å². The van der Waals surface area contributed by atoms with Gasteiger partial charge in [0.05, 0.1) is 0 Å². The van der Waals surface area contributed by atoms with Crippen molar-refractivity contribution in [3.63, 3.8) is 0 Å². The van der Waals surface area contributed by atoms with Crippen LogP contribution in [0.3, 0.4) is 0 Å². The van der Waals surface area contributed by atoms with Gasteiger partial charge in [-0.2, -0.15) is 0 Å². The number of rotatable bonds is 2. The summed E-state index contributed by atoms with van der Waals surface area (Å²) in [4.78, 5) is 15.6. The van der Waals surface area contributed by atoms with E-state index in [9.17, 15) is 4.79 Å². The second-order valence-electron chi connectivity index (χ2n) is 5.91. The normalized spacial score (nSPS) is 17.1. The number of hydrogen-bond acceptors (Lipinski definition) is 1. The minimum Gasteiger partial charge on any atom is -0.361 e. The maximum absolute atomic E-state index is 12.4. The fraction of sp³-hybridized carbons (Fsp3) is 0.471. The number of amides is 1. The van der Waals surface area contributed by atoms with Crippen LogP contribution in [0.15, 0.2) is 24.4 Å². The van der Waals surface area contributed by atoms with Gasteiger partial charge < -0.3 is 10.3 Å². The highest BCUT2D eigenvalue weighted by Gasteiger charge is 2.20. The monoisotopic (exact) mass is 270 g/mol. The molecule has 0 radical (unpaired) electrons. The van der Waals surface area contributed by atoms with E-state index < -0.39 is 0 Å². The largest absolute Gasteiger partial charge is 0.361 e. The Hall–Kier alpha value is -1.77. The molecular formula is C17H22N2O. The number of benzene rings is 1. The first kappa shape index (κ1) is 13.2. The summed E-state index contributed by atoms with van der Waals surface area (Å²) in [7, 11) is 0. The molecule has 0 saturated heterocycles. The molecule has 0 unspecified atom stereocenters. The van der Waals surface area contributed by atoms with Crippen LogP contribution in [0.25, 0.3) is 10.9 Å². The lowest BCUT2D eigenvalue weighted by Crippen LogP contribution is -2.22. The summed E-state index contributed by atoms with van der Waals surface area (Å²) in [5.41, 5.74) is 3.14. The van der Waals surface area contributed by atoms with Crippen LogP contribution >= 0.6 is 0 Å². The number of anilines is 1. The van der Waals surface area contributed by atoms with Crippen molar-refractivity contribution in [3.05, 3.63) is 30.0 Å². The molecule has 3 nitrogen and oxygen atoms in total. The summed E-state index contributed by atoms with van der Waals surface area (Å²) < 4.78 is 0. The Kier molecular flexibility index (Phi) is 3.77. The quantitative estimate of drug-likeness (QED) is 0.781. The molecule has 1 fully saturated rings. The number of aryl methyl sites for hydroxylation is 1. The van der Waals surface area contributed by atoms with Gasteiger partial charge in [-0.15, -0.1) is 0 Å². The van der Waals surface area contributed by atoms with Crippen molar-refractivity contribution in [2.75, 3.05) is 5.32 Å². The zero-order chi connectivity index (χ0) is 13.9. The van der Waals surface area contributed by atoms with E-state index in [2.05, 4.69) is 29.4 Å². The van der Waals surface area contributed by atoms with Gasteiger partial charge in [0.15, 0.2) is 0 Å². The van der Waals surface area contributed by atoms with Crippen LogP contribution in [0.1, 0.15) is 44.1 Å². The first-order chi connectivity index (χ1) is 9.74. The van der Waals surface area contributed by atoms with Crippen LogP contribution in [0, 0.1) is 12.8 Å². The average Bonchev–Trinajstić information content (AvgIpc) is 2.72. The van der Waals surface area contributed by atoms with Gasteiger partial charge in [0.1, 0.15) is 0 Å². The number of aromatic nitrogens is 1. The zero-order valence-corrected chi connectivity index (χ0v) is 12.0. The SMILES string of the molecule is Cc1cc2cc[nH]c2cc1NC(=O)C1CCCCCC1. The Morgan fingerprint density at radius 2 is 1.95 bits per heavy atom. The van der Waals surface area contributed by atoms with Crippen molar-refractivity contribution in [2.24, 2.45) is 5.92 Å². The number of hydrogen-bond donors (Lipinski definition) is 2. The second-order valence-corrected chi connectivity index (χ2v) is 5.91. The summed E-state index contributed by atoms with van der Waals surface area (Å²) in [5.74, 6) is 0.386. The molecule has 2 aromatic rings. The molecule has 3 rings (SSSR count). The van der Waals surface area contributed by atoms with E-state index in [4.69, 9.17) is 0 Å². The van der Waals surface area contributed by atoms with Crippen molar-refractivity contribution in [1.82, 2.24) is 4.98 Å². The highest BCUT2D eigenvalue weighted by Crippen LogP contribution is 2.26. The molecule has 1 aromatic heterocycles. The third-order valence-corrected chi connectivity index (χ3v) is 4.38. The molecule has 20 heavy (non-hydrogen) atoms. The van der Waals surface area contributed by atoms with Crippen molar-refractivity contribution < 1.29 is 4.79 Å². The molecule has 1 saturated carbocycles.